The summed E-state index contributed by atoms with van der Waals surface area (Å²) in [5.74, 6) is -0.757. The lowest BCUT2D eigenvalue weighted by Gasteiger charge is -2.05. The number of aryl methyl sites for hydroxylation is 1. The predicted octanol–water partition coefficient (Wildman–Crippen LogP) is 4.42. The van der Waals surface area contributed by atoms with Gasteiger partial charge in [0.1, 0.15) is 11.6 Å². The Balaban J connectivity index is 2.32. The summed E-state index contributed by atoms with van der Waals surface area (Å²) >= 11 is 1.22. The lowest BCUT2D eigenvalue weighted by atomic mass is 10.2. The molecule has 0 aliphatic heterocycles. The highest BCUT2D eigenvalue weighted by Gasteiger charge is 2.08. The fourth-order valence-electron chi connectivity index (χ4n) is 1.32. The molecule has 16 heavy (non-hydrogen) atoms. The fraction of sp³-hybridized carbons (Fsp3) is 0.0769. The number of hydrogen-bond acceptors (Lipinski definition) is 1. The van der Waals surface area contributed by atoms with Crippen molar-refractivity contribution in [3.63, 3.8) is 0 Å². The molecule has 0 bridgehead atoms. The van der Waals surface area contributed by atoms with Crippen molar-refractivity contribution in [2.75, 3.05) is 0 Å². The minimum Gasteiger partial charge on any atom is -0.207 e. The average molecular weight is 236 g/mol. The molecule has 2 aromatic rings. The first-order valence-corrected chi connectivity index (χ1v) is 5.67. The Hall–Kier alpha value is -1.35. The summed E-state index contributed by atoms with van der Waals surface area (Å²) in [5, 5.41) is 0. The van der Waals surface area contributed by atoms with Gasteiger partial charge >= 0.3 is 0 Å². The van der Waals surface area contributed by atoms with Crippen LogP contribution in [0.5, 0.6) is 0 Å². The van der Waals surface area contributed by atoms with Gasteiger partial charge in [-0.1, -0.05) is 30.0 Å². The van der Waals surface area contributed by atoms with Crippen molar-refractivity contribution in [1.82, 2.24) is 0 Å². The van der Waals surface area contributed by atoms with E-state index in [0.29, 0.717) is 10.5 Å². The molecule has 0 unspecified atom stereocenters. The zero-order valence-electron chi connectivity index (χ0n) is 8.71. The maximum Gasteiger partial charge on any atom is 0.137 e. The standard InChI is InChI=1S/C13H10F2S/c1-9-7-12(15)13(8-11(9)14)16-10-5-3-2-4-6-10/h2-8H,1H3. The van der Waals surface area contributed by atoms with Gasteiger partial charge in [0.05, 0.1) is 4.90 Å². The second-order valence-corrected chi connectivity index (χ2v) is 4.56. The second kappa shape index (κ2) is 4.66. The lowest BCUT2D eigenvalue weighted by Crippen LogP contribution is -1.88. The third kappa shape index (κ3) is 2.42. The number of benzene rings is 2. The Labute approximate surface area is 97.3 Å². The monoisotopic (exact) mass is 236 g/mol. The molecule has 0 aromatic heterocycles. The minimum absolute atomic E-state index is 0.314. The van der Waals surface area contributed by atoms with Gasteiger partial charge in [-0.3, -0.25) is 0 Å². The molecular weight excluding hydrogens is 226 g/mol. The molecule has 0 N–H and O–H groups in total. The van der Waals surface area contributed by atoms with Crippen LogP contribution in [0.25, 0.3) is 0 Å². The highest BCUT2D eigenvalue weighted by Crippen LogP contribution is 2.30. The molecule has 0 amide bonds. The van der Waals surface area contributed by atoms with Gasteiger partial charge in [-0.25, -0.2) is 8.78 Å². The van der Waals surface area contributed by atoms with Gasteiger partial charge < -0.3 is 0 Å². The lowest BCUT2D eigenvalue weighted by molar-refractivity contribution is 0.571. The second-order valence-electron chi connectivity index (χ2n) is 3.45. The normalized spacial score (nSPS) is 10.4. The minimum atomic E-state index is -0.382. The third-order valence-corrected chi connectivity index (χ3v) is 3.22. The molecule has 2 rings (SSSR count). The van der Waals surface area contributed by atoms with Crippen LogP contribution in [0, 0.1) is 18.6 Å². The first-order chi connectivity index (χ1) is 7.66. The molecule has 0 heterocycles. The maximum atomic E-state index is 13.5. The van der Waals surface area contributed by atoms with Crippen molar-refractivity contribution in [3.8, 4) is 0 Å². The quantitative estimate of drug-likeness (QED) is 0.743. The maximum absolute atomic E-state index is 13.5. The van der Waals surface area contributed by atoms with Crippen LogP contribution < -0.4 is 0 Å². The zero-order chi connectivity index (χ0) is 11.5. The first kappa shape index (κ1) is 11.1. The Morgan fingerprint density at radius 1 is 0.938 bits per heavy atom. The van der Waals surface area contributed by atoms with Crippen LogP contribution >= 0.6 is 11.8 Å². The fourth-order valence-corrected chi connectivity index (χ4v) is 2.19. The van der Waals surface area contributed by atoms with Crippen LogP contribution in [0.4, 0.5) is 8.78 Å². The molecular formula is C13H10F2S. The first-order valence-electron chi connectivity index (χ1n) is 4.85. The van der Waals surface area contributed by atoms with E-state index in [9.17, 15) is 8.78 Å². The molecule has 0 fully saturated rings. The molecule has 0 atom stereocenters. The van der Waals surface area contributed by atoms with Gasteiger partial charge in [-0.2, -0.15) is 0 Å². The van der Waals surface area contributed by atoms with Gasteiger partial charge in [0.15, 0.2) is 0 Å². The van der Waals surface area contributed by atoms with Crippen molar-refractivity contribution >= 4 is 11.8 Å². The van der Waals surface area contributed by atoms with Crippen LogP contribution in [-0.4, -0.2) is 0 Å². The van der Waals surface area contributed by atoms with Crippen molar-refractivity contribution in [3.05, 3.63) is 59.7 Å². The van der Waals surface area contributed by atoms with E-state index in [2.05, 4.69) is 0 Å². The van der Waals surface area contributed by atoms with Crippen molar-refractivity contribution in [2.24, 2.45) is 0 Å². The Bertz CT molecular complexity index is 495. The van der Waals surface area contributed by atoms with Crippen molar-refractivity contribution < 1.29 is 8.78 Å². The highest BCUT2D eigenvalue weighted by atomic mass is 32.2. The molecule has 0 spiro atoms. The third-order valence-electron chi connectivity index (χ3n) is 2.18. The summed E-state index contributed by atoms with van der Waals surface area (Å²) in [6.07, 6.45) is 0. The van der Waals surface area contributed by atoms with Crippen LogP contribution in [0.1, 0.15) is 5.56 Å². The van der Waals surface area contributed by atoms with Crippen LogP contribution in [0.3, 0.4) is 0 Å². The van der Waals surface area contributed by atoms with Gasteiger partial charge in [0.25, 0.3) is 0 Å². The summed E-state index contributed by atoms with van der Waals surface area (Å²) in [6, 6.07) is 11.8. The Morgan fingerprint density at radius 3 is 2.31 bits per heavy atom. The van der Waals surface area contributed by atoms with E-state index in [1.54, 1.807) is 6.92 Å². The van der Waals surface area contributed by atoms with Gasteiger partial charge in [0, 0.05) is 4.90 Å². The smallest absolute Gasteiger partial charge is 0.137 e. The summed E-state index contributed by atoms with van der Waals surface area (Å²) < 4.78 is 26.8. The van der Waals surface area contributed by atoms with Crippen molar-refractivity contribution in [2.45, 2.75) is 16.7 Å². The van der Waals surface area contributed by atoms with E-state index in [1.165, 1.54) is 23.9 Å². The van der Waals surface area contributed by atoms with E-state index in [1.807, 2.05) is 30.3 Å². The topological polar surface area (TPSA) is 0 Å². The van der Waals surface area contributed by atoms with Crippen LogP contribution in [0.2, 0.25) is 0 Å². The zero-order valence-corrected chi connectivity index (χ0v) is 9.52. The van der Waals surface area contributed by atoms with Crippen molar-refractivity contribution in [1.29, 1.82) is 0 Å². The van der Waals surface area contributed by atoms with E-state index in [-0.39, 0.29) is 11.6 Å². The number of hydrogen-bond donors (Lipinski definition) is 0. The highest BCUT2D eigenvalue weighted by molar-refractivity contribution is 7.99. The van der Waals surface area contributed by atoms with E-state index in [0.717, 1.165) is 4.90 Å². The molecule has 82 valence electrons. The molecule has 0 nitrogen and oxygen atoms in total. The number of rotatable bonds is 2. The predicted molar refractivity (Wildman–Crippen MR) is 61.7 cm³/mol. The molecule has 0 aliphatic rings. The Kier molecular flexibility index (Phi) is 3.25. The molecule has 2 aromatic carbocycles. The average Bonchev–Trinajstić information content (AvgIpc) is 2.27. The van der Waals surface area contributed by atoms with E-state index < -0.39 is 0 Å². The molecule has 0 saturated carbocycles. The van der Waals surface area contributed by atoms with E-state index >= 15 is 0 Å². The SMILES string of the molecule is Cc1cc(F)c(Sc2ccccc2)cc1F. The summed E-state index contributed by atoms with van der Waals surface area (Å²) in [7, 11) is 0. The van der Waals surface area contributed by atoms with Gasteiger partial charge in [-0.15, -0.1) is 0 Å². The molecule has 3 heteroatoms. The summed E-state index contributed by atoms with van der Waals surface area (Å²) in [5.41, 5.74) is 0.329. The summed E-state index contributed by atoms with van der Waals surface area (Å²) in [4.78, 5) is 1.21. The van der Waals surface area contributed by atoms with Gasteiger partial charge in [-0.05, 0) is 36.8 Å². The summed E-state index contributed by atoms with van der Waals surface area (Å²) in [6.45, 7) is 1.55. The molecule has 0 saturated heterocycles. The van der Waals surface area contributed by atoms with E-state index in [4.69, 9.17) is 0 Å². The number of halogens is 2. The van der Waals surface area contributed by atoms with Crippen LogP contribution in [-0.2, 0) is 0 Å². The molecule has 0 radical (unpaired) electrons. The Morgan fingerprint density at radius 2 is 1.62 bits per heavy atom. The van der Waals surface area contributed by atoms with Gasteiger partial charge in [0.2, 0.25) is 0 Å². The van der Waals surface area contributed by atoms with Crippen LogP contribution in [0.15, 0.2) is 52.3 Å². The largest absolute Gasteiger partial charge is 0.207 e. The molecule has 0 aliphatic carbocycles.